The standard InChI is InChI=1S/C20H23N3O2/c1-25-18-4-2-15(3-5-18)10-22-12-17-13-23(20(24)19(17)14-22)11-16-6-8-21-9-7-16/h2-9,17,19H,10-14H2,1H3/t17-,19-/m1/s1. The fraction of sp³-hybridized carbons (Fsp3) is 0.400. The number of likely N-dealkylation sites (tertiary alicyclic amines) is 2. The number of methoxy groups -OCH3 is 1. The lowest BCUT2D eigenvalue weighted by molar-refractivity contribution is -0.131. The summed E-state index contributed by atoms with van der Waals surface area (Å²) in [5, 5.41) is 0. The molecule has 25 heavy (non-hydrogen) atoms. The monoisotopic (exact) mass is 337 g/mol. The van der Waals surface area contributed by atoms with Gasteiger partial charge in [-0.1, -0.05) is 12.1 Å². The van der Waals surface area contributed by atoms with Crippen molar-refractivity contribution in [2.24, 2.45) is 11.8 Å². The van der Waals surface area contributed by atoms with Crippen molar-refractivity contribution in [3.8, 4) is 5.75 Å². The molecule has 2 atom stereocenters. The molecule has 5 nitrogen and oxygen atoms in total. The number of amides is 1. The Hall–Kier alpha value is -2.40. The van der Waals surface area contributed by atoms with E-state index in [-0.39, 0.29) is 5.92 Å². The molecule has 2 saturated heterocycles. The minimum absolute atomic E-state index is 0.153. The van der Waals surface area contributed by atoms with Crippen LogP contribution in [0.2, 0.25) is 0 Å². The van der Waals surface area contributed by atoms with Crippen molar-refractivity contribution in [2.45, 2.75) is 13.1 Å². The van der Waals surface area contributed by atoms with E-state index in [1.165, 1.54) is 5.56 Å². The summed E-state index contributed by atoms with van der Waals surface area (Å²) in [6.07, 6.45) is 3.57. The molecule has 0 spiro atoms. The molecule has 2 aliphatic heterocycles. The lowest BCUT2D eigenvalue weighted by Gasteiger charge is -2.22. The highest BCUT2D eigenvalue weighted by molar-refractivity contribution is 5.82. The summed E-state index contributed by atoms with van der Waals surface area (Å²) >= 11 is 0. The van der Waals surface area contributed by atoms with Crippen LogP contribution in [0, 0.1) is 11.8 Å². The van der Waals surface area contributed by atoms with Crippen molar-refractivity contribution >= 4 is 5.91 Å². The van der Waals surface area contributed by atoms with Gasteiger partial charge in [-0.05, 0) is 35.4 Å². The topological polar surface area (TPSA) is 45.7 Å². The Morgan fingerprint density at radius 1 is 1.00 bits per heavy atom. The second-order valence-electron chi connectivity index (χ2n) is 6.98. The van der Waals surface area contributed by atoms with Gasteiger partial charge < -0.3 is 9.64 Å². The average molecular weight is 337 g/mol. The number of hydrogen-bond donors (Lipinski definition) is 0. The number of fused-ring (bicyclic) bond motifs is 1. The van der Waals surface area contributed by atoms with Crippen LogP contribution in [-0.4, -0.2) is 47.4 Å². The van der Waals surface area contributed by atoms with Crippen LogP contribution in [0.5, 0.6) is 5.75 Å². The summed E-state index contributed by atoms with van der Waals surface area (Å²) in [7, 11) is 1.68. The molecule has 1 amide bonds. The molecule has 2 aliphatic rings. The number of ether oxygens (including phenoxy) is 1. The van der Waals surface area contributed by atoms with Gasteiger partial charge in [0.2, 0.25) is 5.91 Å². The molecule has 0 bridgehead atoms. The van der Waals surface area contributed by atoms with E-state index >= 15 is 0 Å². The zero-order valence-electron chi connectivity index (χ0n) is 14.5. The Labute approximate surface area is 148 Å². The summed E-state index contributed by atoms with van der Waals surface area (Å²) < 4.78 is 5.21. The van der Waals surface area contributed by atoms with Gasteiger partial charge in [-0.2, -0.15) is 0 Å². The number of nitrogens with zero attached hydrogens (tertiary/aromatic N) is 3. The van der Waals surface area contributed by atoms with Gasteiger partial charge in [-0.3, -0.25) is 14.7 Å². The summed E-state index contributed by atoms with van der Waals surface area (Å²) in [4.78, 5) is 21.2. The van der Waals surface area contributed by atoms with Crippen molar-refractivity contribution < 1.29 is 9.53 Å². The van der Waals surface area contributed by atoms with Gasteiger partial charge >= 0.3 is 0 Å². The van der Waals surface area contributed by atoms with Crippen LogP contribution >= 0.6 is 0 Å². The number of rotatable bonds is 5. The number of benzene rings is 1. The lowest BCUT2D eigenvalue weighted by Crippen LogP contribution is -2.32. The third kappa shape index (κ3) is 3.37. The fourth-order valence-corrected chi connectivity index (χ4v) is 4.00. The van der Waals surface area contributed by atoms with Crippen LogP contribution in [0.15, 0.2) is 48.8 Å². The molecule has 130 valence electrons. The number of pyridine rings is 1. The molecule has 0 unspecified atom stereocenters. The maximum absolute atomic E-state index is 12.7. The molecule has 3 heterocycles. The van der Waals surface area contributed by atoms with Crippen LogP contribution in [0.3, 0.4) is 0 Å². The summed E-state index contributed by atoms with van der Waals surface area (Å²) in [6.45, 7) is 4.32. The van der Waals surface area contributed by atoms with Crippen molar-refractivity contribution in [1.29, 1.82) is 0 Å². The highest BCUT2D eigenvalue weighted by Gasteiger charge is 2.45. The molecule has 5 heteroatoms. The summed E-state index contributed by atoms with van der Waals surface area (Å²) in [5.74, 6) is 1.79. The second kappa shape index (κ2) is 6.84. The van der Waals surface area contributed by atoms with Crippen LogP contribution in [0.4, 0.5) is 0 Å². The van der Waals surface area contributed by atoms with Crippen LogP contribution < -0.4 is 4.74 Å². The van der Waals surface area contributed by atoms with E-state index in [0.717, 1.165) is 37.5 Å². The quantitative estimate of drug-likeness (QED) is 0.839. The van der Waals surface area contributed by atoms with Crippen molar-refractivity contribution in [2.75, 3.05) is 26.7 Å². The first-order valence-corrected chi connectivity index (χ1v) is 8.76. The molecular formula is C20H23N3O2. The van der Waals surface area contributed by atoms with Gasteiger partial charge in [0.1, 0.15) is 5.75 Å². The number of hydrogen-bond acceptors (Lipinski definition) is 4. The predicted molar refractivity (Wildman–Crippen MR) is 94.9 cm³/mol. The Kier molecular flexibility index (Phi) is 4.40. The highest BCUT2D eigenvalue weighted by atomic mass is 16.5. The molecule has 4 rings (SSSR count). The molecule has 0 saturated carbocycles. The Bertz CT molecular complexity index is 732. The minimum Gasteiger partial charge on any atom is -0.497 e. The molecule has 1 aromatic carbocycles. The van der Waals surface area contributed by atoms with Gasteiger partial charge in [0.25, 0.3) is 0 Å². The number of aromatic nitrogens is 1. The largest absolute Gasteiger partial charge is 0.497 e. The SMILES string of the molecule is COc1ccc(CN2C[C@@H]3CN(Cc4ccncc4)C(=O)[C@@H]3C2)cc1. The lowest BCUT2D eigenvalue weighted by atomic mass is 10.0. The average Bonchev–Trinajstić information content (AvgIpc) is 3.16. The summed E-state index contributed by atoms with van der Waals surface area (Å²) in [5.41, 5.74) is 2.42. The Balaban J connectivity index is 1.35. The molecule has 0 radical (unpaired) electrons. The van der Waals surface area contributed by atoms with E-state index in [1.54, 1.807) is 19.5 Å². The third-order valence-corrected chi connectivity index (χ3v) is 5.29. The molecule has 0 N–H and O–H groups in total. The van der Waals surface area contributed by atoms with E-state index in [1.807, 2.05) is 29.2 Å². The first-order valence-electron chi connectivity index (χ1n) is 8.76. The van der Waals surface area contributed by atoms with Gasteiger partial charge in [0, 0.05) is 51.0 Å². The van der Waals surface area contributed by atoms with Gasteiger partial charge in [-0.25, -0.2) is 0 Å². The fourth-order valence-electron chi connectivity index (χ4n) is 4.00. The molecular weight excluding hydrogens is 314 g/mol. The zero-order chi connectivity index (χ0) is 17.2. The van der Waals surface area contributed by atoms with Crippen molar-refractivity contribution in [1.82, 2.24) is 14.8 Å². The highest BCUT2D eigenvalue weighted by Crippen LogP contribution is 2.33. The Morgan fingerprint density at radius 2 is 1.72 bits per heavy atom. The zero-order valence-corrected chi connectivity index (χ0v) is 14.5. The molecule has 1 aromatic heterocycles. The summed E-state index contributed by atoms with van der Waals surface area (Å²) in [6, 6.07) is 12.2. The second-order valence-corrected chi connectivity index (χ2v) is 6.98. The van der Waals surface area contributed by atoms with E-state index in [4.69, 9.17) is 4.74 Å². The smallest absolute Gasteiger partial charge is 0.227 e. The maximum atomic E-state index is 12.7. The molecule has 0 aliphatic carbocycles. The van der Waals surface area contributed by atoms with E-state index in [0.29, 0.717) is 18.4 Å². The van der Waals surface area contributed by atoms with Crippen LogP contribution in [-0.2, 0) is 17.9 Å². The van der Waals surface area contributed by atoms with Crippen LogP contribution in [0.25, 0.3) is 0 Å². The normalized spacial score (nSPS) is 23.1. The minimum atomic E-state index is 0.153. The third-order valence-electron chi connectivity index (χ3n) is 5.29. The number of carbonyl (C=O) groups excluding carboxylic acids is 1. The Morgan fingerprint density at radius 3 is 2.40 bits per heavy atom. The molecule has 2 aromatic rings. The predicted octanol–water partition coefficient (Wildman–Crippen LogP) is 2.18. The number of carbonyl (C=O) groups is 1. The van der Waals surface area contributed by atoms with Crippen molar-refractivity contribution in [3.63, 3.8) is 0 Å². The van der Waals surface area contributed by atoms with Crippen molar-refractivity contribution in [3.05, 3.63) is 59.9 Å². The van der Waals surface area contributed by atoms with E-state index < -0.39 is 0 Å². The van der Waals surface area contributed by atoms with E-state index in [9.17, 15) is 4.79 Å². The molecule has 2 fully saturated rings. The first kappa shape index (κ1) is 16.1. The maximum Gasteiger partial charge on any atom is 0.227 e. The van der Waals surface area contributed by atoms with Gasteiger partial charge in [0.15, 0.2) is 0 Å². The van der Waals surface area contributed by atoms with Gasteiger partial charge in [-0.15, -0.1) is 0 Å². The van der Waals surface area contributed by atoms with Gasteiger partial charge in [0.05, 0.1) is 13.0 Å². The first-order chi connectivity index (χ1) is 12.2. The van der Waals surface area contributed by atoms with E-state index in [2.05, 4.69) is 22.0 Å². The van der Waals surface area contributed by atoms with Crippen LogP contribution in [0.1, 0.15) is 11.1 Å².